The Morgan fingerprint density at radius 1 is 1.22 bits per heavy atom. The van der Waals surface area contributed by atoms with Crippen molar-refractivity contribution in [3.05, 3.63) is 0 Å². The van der Waals surface area contributed by atoms with Crippen LogP contribution in [0.15, 0.2) is 0 Å². The van der Waals surface area contributed by atoms with Crippen LogP contribution in [0.3, 0.4) is 0 Å². The van der Waals surface area contributed by atoms with Crippen LogP contribution in [-0.4, -0.2) is 50.3 Å². The fourth-order valence-electron chi connectivity index (χ4n) is 3.37. The van der Waals surface area contributed by atoms with Crippen LogP contribution in [0.5, 0.6) is 0 Å². The van der Waals surface area contributed by atoms with Gasteiger partial charge in [-0.1, -0.05) is 13.8 Å². The zero-order valence-corrected chi connectivity index (χ0v) is 12.2. The summed E-state index contributed by atoms with van der Waals surface area (Å²) in [5, 5.41) is 3.69. The summed E-state index contributed by atoms with van der Waals surface area (Å²) >= 11 is 0. The maximum absolute atomic E-state index is 5.39. The Morgan fingerprint density at radius 2 is 1.94 bits per heavy atom. The molecule has 0 saturated carbocycles. The van der Waals surface area contributed by atoms with Gasteiger partial charge in [-0.2, -0.15) is 0 Å². The van der Waals surface area contributed by atoms with Crippen molar-refractivity contribution >= 4 is 0 Å². The van der Waals surface area contributed by atoms with Crippen molar-refractivity contribution in [1.29, 1.82) is 0 Å². The molecule has 0 bridgehead atoms. The molecule has 0 aromatic heterocycles. The van der Waals surface area contributed by atoms with Crippen molar-refractivity contribution in [2.24, 2.45) is 5.41 Å². The van der Waals surface area contributed by atoms with Crippen LogP contribution in [0, 0.1) is 5.41 Å². The Labute approximate surface area is 112 Å². The van der Waals surface area contributed by atoms with Crippen molar-refractivity contribution < 1.29 is 4.74 Å². The molecule has 0 aromatic rings. The summed E-state index contributed by atoms with van der Waals surface area (Å²) in [6, 6.07) is 0.698. The molecule has 2 fully saturated rings. The lowest BCUT2D eigenvalue weighted by atomic mass is 9.82. The van der Waals surface area contributed by atoms with Crippen molar-refractivity contribution in [3.63, 3.8) is 0 Å². The highest BCUT2D eigenvalue weighted by molar-refractivity contribution is 4.88. The minimum absolute atomic E-state index is 0.624. The van der Waals surface area contributed by atoms with Crippen molar-refractivity contribution in [2.75, 3.05) is 39.4 Å². The Kier molecular flexibility index (Phi) is 5.46. The quantitative estimate of drug-likeness (QED) is 0.787. The Balaban J connectivity index is 1.62. The van der Waals surface area contributed by atoms with Crippen LogP contribution >= 0.6 is 0 Å². The average Bonchev–Trinajstić information content (AvgIpc) is 2.84. The fraction of sp³-hybridized carbons (Fsp3) is 1.00. The van der Waals surface area contributed by atoms with Gasteiger partial charge in [-0.25, -0.2) is 0 Å². The molecule has 0 spiro atoms. The lowest BCUT2D eigenvalue weighted by Gasteiger charge is -2.27. The van der Waals surface area contributed by atoms with Gasteiger partial charge in [0.1, 0.15) is 0 Å². The van der Waals surface area contributed by atoms with E-state index < -0.39 is 0 Å². The van der Waals surface area contributed by atoms with Crippen LogP contribution in [0.1, 0.15) is 46.0 Å². The summed E-state index contributed by atoms with van der Waals surface area (Å²) in [6.45, 7) is 11.6. The molecule has 3 nitrogen and oxygen atoms in total. The normalized spacial score (nSPS) is 25.7. The predicted octanol–water partition coefficient (Wildman–Crippen LogP) is 2.27. The lowest BCUT2D eigenvalue weighted by molar-refractivity contribution is 0.0773. The highest BCUT2D eigenvalue weighted by Crippen LogP contribution is 2.36. The predicted molar refractivity (Wildman–Crippen MR) is 75.9 cm³/mol. The lowest BCUT2D eigenvalue weighted by Crippen LogP contribution is -2.40. The second-order valence-corrected chi connectivity index (χ2v) is 6.07. The van der Waals surface area contributed by atoms with Gasteiger partial charge in [0.25, 0.3) is 0 Å². The summed E-state index contributed by atoms with van der Waals surface area (Å²) in [6.07, 6.45) is 6.46. The maximum atomic E-state index is 5.39. The topological polar surface area (TPSA) is 24.5 Å². The van der Waals surface area contributed by atoms with Crippen molar-refractivity contribution in [1.82, 2.24) is 10.2 Å². The van der Waals surface area contributed by atoms with E-state index in [9.17, 15) is 0 Å². The van der Waals surface area contributed by atoms with Crippen LogP contribution in [-0.2, 0) is 4.74 Å². The van der Waals surface area contributed by atoms with Crippen LogP contribution in [0.4, 0.5) is 0 Å². The van der Waals surface area contributed by atoms with Crippen molar-refractivity contribution in [3.8, 4) is 0 Å². The smallest absolute Gasteiger partial charge is 0.0480 e. The van der Waals surface area contributed by atoms with Gasteiger partial charge in [-0.05, 0) is 44.1 Å². The molecule has 0 unspecified atom stereocenters. The summed E-state index contributed by atoms with van der Waals surface area (Å²) in [5.41, 5.74) is 0.624. The largest absolute Gasteiger partial charge is 0.381 e. The van der Waals surface area contributed by atoms with E-state index in [1.165, 1.54) is 51.7 Å². The average molecular weight is 254 g/mol. The van der Waals surface area contributed by atoms with Gasteiger partial charge < -0.3 is 15.0 Å². The third-order valence-electron chi connectivity index (χ3n) is 5.10. The van der Waals surface area contributed by atoms with Gasteiger partial charge >= 0.3 is 0 Å². The van der Waals surface area contributed by atoms with Gasteiger partial charge in [-0.3, -0.25) is 0 Å². The molecule has 0 atom stereocenters. The van der Waals surface area contributed by atoms with E-state index >= 15 is 0 Å². The van der Waals surface area contributed by atoms with E-state index in [0.29, 0.717) is 11.5 Å². The van der Waals surface area contributed by atoms with E-state index in [1.807, 2.05) is 0 Å². The zero-order valence-electron chi connectivity index (χ0n) is 12.2. The zero-order chi connectivity index (χ0) is 12.8. The number of hydrogen-bond acceptors (Lipinski definition) is 3. The third kappa shape index (κ3) is 3.69. The number of nitrogens with zero attached hydrogens (tertiary/aromatic N) is 1. The molecular formula is C15H30N2O. The first kappa shape index (κ1) is 14.3. The summed E-state index contributed by atoms with van der Waals surface area (Å²) in [7, 11) is 0. The molecule has 0 radical (unpaired) electrons. The molecule has 2 heterocycles. The van der Waals surface area contributed by atoms with Gasteiger partial charge in [0, 0.05) is 38.9 Å². The van der Waals surface area contributed by atoms with Gasteiger partial charge in [-0.15, -0.1) is 0 Å². The summed E-state index contributed by atoms with van der Waals surface area (Å²) < 4.78 is 5.39. The minimum atomic E-state index is 0.624. The van der Waals surface area contributed by atoms with E-state index in [-0.39, 0.29) is 0 Å². The number of likely N-dealkylation sites (tertiary alicyclic amines) is 1. The molecule has 2 aliphatic rings. The minimum Gasteiger partial charge on any atom is -0.381 e. The van der Waals surface area contributed by atoms with Gasteiger partial charge in [0.15, 0.2) is 0 Å². The fourth-order valence-corrected chi connectivity index (χ4v) is 3.37. The van der Waals surface area contributed by atoms with Crippen LogP contribution in [0.2, 0.25) is 0 Å². The molecule has 1 N–H and O–H groups in total. The molecule has 18 heavy (non-hydrogen) atoms. The SMILES string of the molecule is CCC1(CC)CCN(CCNC2CCOCC2)C1. The summed E-state index contributed by atoms with van der Waals surface area (Å²) in [4.78, 5) is 2.65. The van der Waals surface area contributed by atoms with Crippen molar-refractivity contribution in [2.45, 2.75) is 52.0 Å². The molecule has 106 valence electrons. The second-order valence-electron chi connectivity index (χ2n) is 6.07. The third-order valence-corrected chi connectivity index (χ3v) is 5.10. The molecule has 2 saturated heterocycles. The van der Waals surface area contributed by atoms with E-state index in [0.717, 1.165) is 19.8 Å². The number of rotatable bonds is 6. The van der Waals surface area contributed by atoms with Gasteiger partial charge in [0.2, 0.25) is 0 Å². The Hall–Kier alpha value is -0.120. The first-order valence-electron chi connectivity index (χ1n) is 7.81. The first-order chi connectivity index (χ1) is 8.78. The monoisotopic (exact) mass is 254 g/mol. The highest BCUT2D eigenvalue weighted by Gasteiger charge is 2.34. The first-order valence-corrected chi connectivity index (χ1v) is 7.81. The molecule has 2 rings (SSSR count). The molecular weight excluding hydrogens is 224 g/mol. The summed E-state index contributed by atoms with van der Waals surface area (Å²) in [5.74, 6) is 0. The molecule has 0 aliphatic carbocycles. The van der Waals surface area contributed by atoms with Crippen LogP contribution in [0.25, 0.3) is 0 Å². The second kappa shape index (κ2) is 6.88. The molecule has 2 aliphatic heterocycles. The molecule has 0 amide bonds. The number of hydrogen-bond donors (Lipinski definition) is 1. The van der Waals surface area contributed by atoms with E-state index in [1.54, 1.807) is 0 Å². The molecule has 0 aromatic carbocycles. The standard InChI is InChI=1S/C15H30N2O/c1-3-15(4-2)7-9-17(13-15)10-8-16-14-5-11-18-12-6-14/h14,16H,3-13H2,1-2H3. The maximum Gasteiger partial charge on any atom is 0.0480 e. The van der Waals surface area contributed by atoms with E-state index in [4.69, 9.17) is 4.74 Å². The number of ether oxygens (including phenoxy) is 1. The number of nitrogens with one attached hydrogen (secondary N) is 1. The molecule has 3 heteroatoms. The van der Waals surface area contributed by atoms with E-state index in [2.05, 4.69) is 24.1 Å². The van der Waals surface area contributed by atoms with Gasteiger partial charge in [0.05, 0.1) is 0 Å². The Morgan fingerprint density at radius 3 is 2.56 bits per heavy atom. The highest BCUT2D eigenvalue weighted by atomic mass is 16.5. The Bertz CT molecular complexity index is 235. The van der Waals surface area contributed by atoms with Crippen LogP contribution < -0.4 is 5.32 Å².